The molecular weight excluding hydrogens is 214 g/mol. The lowest BCUT2D eigenvalue weighted by Crippen LogP contribution is -2.23. The highest BCUT2D eigenvalue weighted by Gasteiger charge is 2.11. The predicted octanol–water partition coefficient (Wildman–Crippen LogP) is 2.27. The molecule has 16 heavy (non-hydrogen) atoms. The summed E-state index contributed by atoms with van der Waals surface area (Å²) in [4.78, 5) is 0. The van der Waals surface area contributed by atoms with Gasteiger partial charge in [-0.3, -0.25) is 0 Å². The van der Waals surface area contributed by atoms with Gasteiger partial charge in [-0.05, 0) is 37.0 Å². The van der Waals surface area contributed by atoms with Gasteiger partial charge in [-0.1, -0.05) is 37.3 Å². The van der Waals surface area contributed by atoms with Crippen LogP contribution in [-0.4, -0.2) is 22.2 Å². The van der Waals surface area contributed by atoms with E-state index in [9.17, 15) is 0 Å². The fourth-order valence-corrected chi connectivity index (χ4v) is 4.30. The Hall–Kier alpha value is -0.643. The average Bonchev–Trinajstić information content (AvgIpc) is 2.34. The normalized spacial score (nSPS) is 12.6. The molecule has 3 heteroatoms. The van der Waals surface area contributed by atoms with E-state index in [1.807, 2.05) is 0 Å². The molecule has 0 bridgehead atoms. The molecule has 0 aliphatic carbocycles. The molecule has 0 aliphatic rings. The first-order valence-electron chi connectivity index (χ1n) is 6.22. The van der Waals surface area contributed by atoms with Crippen LogP contribution in [0.3, 0.4) is 0 Å². The molecule has 1 rings (SSSR count). The van der Waals surface area contributed by atoms with Crippen molar-refractivity contribution in [3.63, 3.8) is 0 Å². The second-order valence-electron chi connectivity index (χ2n) is 4.11. The minimum absolute atomic E-state index is 0.785. The summed E-state index contributed by atoms with van der Waals surface area (Å²) in [7, 11) is -1.08. The smallest absolute Gasteiger partial charge is 0.181 e. The minimum Gasteiger partial charge on any atom is -0.420 e. The van der Waals surface area contributed by atoms with Crippen LogP contribution in [0.15, 0.2) is 30.3 Å². The predicted molar refractivity (Wildman–Crippen MR) is 72.0 cm³/mol. The van der Waals surface area contributed by atoms with Crippen molar-refractivity contribution < 1.29 is 4.43 Å². The first-order chi connectivity index (χ1) is 7.86. The van der Waals surface area contributed by atoms with E-state index in [1.54, 1.807) is 0 Å². The molecule has 0 spiro atoms. The highest BCUT2D eigenvalue weighted by molar-refractivity contribution is 6.51. The average molecular weight is 237 g/mol. The molecular formula is C13H23NOSi. The van der Waals surface area contributed by atoms with Crippen molar-refractivity contribution in [2.75, 3.05) is 13.2 Å². The molecule has 0 radical (unpaired) electrons. The van der Waals surface area contributed by atoms with Gasteiger partial charge < -0.3 is 10.2 Å². The zero-order valence-electron chi connectivity index (χ0n) is 10.2. The van der Waals surface area contributed by atoms with Crippen LogP contribution in [0.4, 0.5) is 0 Å². The van der Waals surface area contributed by atoms with E-state index in [0.717, 1.165) is 32.0 Å². The molecule has 1 unspecified atom stereocenters. The Morgan fingerprint density at radius 2 is 2.00 bits per heavy atom. The molecule has 0 aliphatic heterocycles. The summed E-state index contributed by atoms with van der Waals surface area (Å²) in [6, 6.07) is 13.0. The maximum absolute atomic E-state index is 5.98. The fraction of sp³-hybridized carbons (Fsp3) is 0.538. The minimum atomic E-state index is -1.08. The maximum Gasteiger partial charge on any atom is 0.181 e. The summed E-state index contributed by atoms with van der Waals surface area (Å²) in [6.07, 6.45) is 2.22. The van der Waals surface area contributed by atoms with E-state index in [1.165, 1.54) is 11.6 Å². The number of hydrogen-bond acceptors (Lipinski definition) is 2. The van der Waals surface area contributed by atoms with Gasteiger partial charge in [0, 0.05) is 6.61 Å². The van der Waals surface area contributed by atoms with Gasteiger partial charge in [-0.15, -0.1) is 0 Å². The van der Waals surface area contributed by atoms with Crippen LogP contribution in [0.25, 0.3) is 0 Å². The van der Waals surface area contributed by atoms with Crippen molar-refractivity contribution in [2.45, 2.75) is 31.9 Å². The molecule has 0 fully saturated rings. The van der Waals surface area contributed by atoms with E-state index < -0.39 is 9.04 Å². The van der Waals surface area contributed by atoms with Gasteiger partial charge in [-0.25, -0.2) is 0 Å². The quantitative estimate of drug-likeness (QED) is 0.704. The number of hydrogen-bond donors (Lipinski definition) is 1. The molecule has 0 saturated heterocycles. The van der Waals surface area contributed by atoms with E-state index in [4.69, 9.17) is 10.2 Å². The Bertz CT molecular complexity index is 258. The summed E-state index contributed by atoms with van der Waals surface area (Å²) >= 11 is 0. The van der Waals surface area contributed by atoms with Gasteiger partial charge in [-0.2, -0.15) is 0 Å². The Labute approximate surface area is 101 Å². The maximum atomic E-state index is 5.98. The largest absolute Gasteiger partial charge is 0.420 e. The third-order valence-electron chi connectivity index (χ3n) is 2.59. The third kappa shape index (κ3) is 5.44. The summed E-state index contributed by atoms with van der Waals surface area (Å²) in [5.74, 6) is 0. The van der Waals surface area contributed by atoms with Crippen LogP contribution in [0.2, 0.25) is 6.04 Å². The Morgan fingerprint density at radius 3 is 2.62 bits per heavy atom. The monoisotopic (exact) mass is 237 g/mol. The van der Waals surface area contributed by atoms with Crippen LogP contribution < -0.4 is 5.73 Å². The molecule has 90 valence electrons. The second kappa shape index (κ2) is 8.50. The molecule has 1 atom stereocenters. The Kier molecular flexibility index (Phi) is 7.13. The molecule has 2 nitrogen and oxygen atoms in total. The summed E-state index contributed by atoms with van der Waals surface area (Å²) in [5.41, 5.74) is 6.98. The zero-order chi connectivity index (χ0) is 11.6. The number of rotatable bonds is 8. The fourth-order valence-electron chi connectivity index (χ4n) is 1.75. The Morgan fingerprint density at radius 1 is 1.25 bits per heavy atom. The molecule has 0 heterocycles. The summed E-state index contributed by atoms with van der Waals surface area (Å²) in [5, 5.41) is 0. The van der Waals surface area contributed by atoms with Crippen molar-refractivity contribution in [3.8, 4) is 0 Å². The molecule has 0 amide bonds. The van der Waals surface area contributed by atoms with Crippen LogP contribution in [-0.2, 0) is 10.5 Å². The molecule has 1 aromatic rings. The number of benzene rings is 1. The second-order valence-corrected chi connectivity index (χ2v) is 6.68. The van der Waals surface area contributed by atoms with Crippen molar-refractivity contribution in [3.05, 3.63) is 35.9 Å². The van der Waals surface area contributed by atoms with E-state index >= 15 is 0 Å². The van der Waals surface area contributed by atoms with Crippen LogP contribution in [0.1, 0.15) is 25.3 Å². The van der Waals surface area contributed by atoms with Crippen molar-refractivity contribution in [2.24, 2.45) is 5.73 Å². The van der Waals surface area contributed by atoms with E-state index in [0.29, 0.717) is 0 Å². The molecule has 2 N–H and O–H groups in total. The SMILES string of the molecule is CCCO[SiH](CCCN)Cc1ccccc1. The zero-order valence-corrected chi connectivity index (χ0v) is 11.3. The van der Waals surface area contributed by atoms with Gasteiger partial charge in [0.05, 0.1) is 0 Å². The van der Waals surface area contributed by atoms with Crippen molar-refractivity contribution in [1.29, 1.82) is 0 Å². The molecule has 0 aromatic heterocycles. The van der Waals surface area contributed by atoms with E-state index in [2.05, 4.69) is 37.3 Å². The Balaban J connectivity index is 2.42. The highest BCUT2D eigenvalue weighted by atomic mass is 28.3. The van der Waals surface area contributed by atoms with E-state index in [-0.39, 0.29) is 0 Å². The van der Waals surface area contributed by atoms with Gasteiger partial charge in [0.1, 0.15) is 0 Å². The lowest BCUT2D eigenvalue weighted by Gasteiger charge is -2.15. The summed E-state index contributed by atoms with van der Waals surface area (Å²) in [6.45, 7) is 3.86. The van der Waals surface area contributed by atoms with Crippen LogP contribution >= 0.6 is 0 Å². The first-order valence-corrected chi connectivity index (χ1v) is 8.32. The van der Waals surface area contributed by atoms with Gasteiger partial charge in [0.15, 0.2) is 9.04 Å². The van der Waals surface area contributed by atoms with Gasteiger partial charge >= 0.3 is 0 Å². The summed E-state index contributed by atoms with van der Waals surface area (Å²) < 4.78 is 5.98. The van der Waals surface area contributed by atoms with Gasteiger partial charge in [0.2, 0.25) is 0 Å². The third-order valence-corrected chi connectivity index (χ3v) is 5.28. The topological polar surface area (TPSA) is 35.2 Å². The number of nitrogens with two attached hydrogens (primary N) is 1. The van der Waals surface area contributed by atoms with Crippen molar-refractivity contribution >= 4 is 9.04 Å². The first kappa shape index (κ1) is 13.4. The van der Waals surface area contributed by atoms with Crippen LogP contribution in [0.5, 0.6) is 0 Å². The molecule has 1 aromatic carbocycles. The van der Waals surface area contributed by atoms with Crippen LogP contribution in [0, 0.1) is 0 Å². The molecule has 0 saturated carbocycles. The van der Waals surface area contributed by atoms with Crippen molar-refractivity contribution in [1.82, 2.24) is 0 Å². The standard InChI is InChI=1S/C13H23NOSi/c1-2-10-15-16(11-6-9-14)12-13-7-4-3-5-8-13/h3-5,7-8,16H,2,6,9-12,14H2,1H3. The lowest BCUT2D eigenvalue weighted by molar-refractivity contribution is 0.316. The lowest BCUT2D eigenvalue weighted by atomic mass is 10.2. The van der Waals surface area contributed by atoms with Gasteiger partial charge in [0.25, 0.3) is 0 Å². The highest BCUT2D eigenvalue weighted by Crippen LogP contribution is 2.08.